The van der Waals surface area contributed by atoms with Crippen LogP contribution < -0.4 is 14.8 Å². The first-order chi connectivity index (χ1) is 11.1. The molecule has 6 heteroatoms. The maximum atomic E-state index is 5.43. The molecule has 2 aromatic heterocycles. The van der Waals surface area contributed by atoms with Crippen molar-refractivity contribution in [1.82, 2.24) is 9.97 Å². The van der Waals surface area contributed by atoms with Gasteiger partial charge in [-0.25, -0.2) is 9.97 Å². The lowest BCUT2D eigenvalue weighted by Gasteiger charge is -2.13. The molecule has 1 N–H and O–H groups in total. The van der Waals surface area contributed by atoms with Gasteiger partial charge in [0.1, 0.15) is 28.0 Å². The van der Waals surface area contributed by atoms with Crippen LogP contribution in [0, 0.1) is 6.92 Å². The number of benzene rings is 1. The number of methoxy groups -OCH3 is 2. The number of hydrogen-bond acceptors (Lipinski definition) is 6. The summed E-state index contributed by atoms with van der Waals surface area (Å²) in [6.45, 7) is 4.13. The minimum Gasteiger partial charge on any atom is -0.497 e. The van der Waals surface area contributed by atoms with E-state index in [9.17, 15) is 0 Å². The summed E-state index contributed by atoms with van der Waals surface area (Å²) in [4.78, 5) is 11.5. The topological polar surface area (TPSA) is 56.3 Å². The van der Waals surface area contributed by atoms with E-state index < -0.39 is 0 Å². The zero-order valence-corrected chi connectivity index (χ0v) is 14.5. The van der Waals surface area contributed by atoms with E-state index in [-0.39, 0.29) is 0 Å². The maximum Gasteiger partial charge on any atom is 0.143 e. The monoisotopic (exact) mass is 329 g/mol. The Kier molecular flexibility index (Phi) is 4.34. The van der Waals surface area contributed by atoms with E-state index in [0.717, 1.165) is 45.5 Å². The average Bonchev–Trinajstić information content (AvgIpc) is 2.95. The number of fused-ring (bicyclic) bond motifs is 1. The normalized spacial score (nSPS) is 10.8. The largest absolute Gasteiger partial charge is 0.497 e. The molecule has 1 aromatic carbocycles. The van der Waals surface area contributed by atoms with Crippen LogP contribution in [-0.4, -0.2) is 24.2 Å². The third-order valence-corrected chi connectivity index (χ3v) is 4.48. The van der Waals surface area contributed by atoms with Gasteiger partial charge in [-0.15, -0.1) is 11.3 Å². The molecule has 0 fully saturated rings. The van der Waals surface area contributed by atoms with Gasteiger partial charge < -0.3 is 14.8 Å². The SMILES string of the molecule is CCc1nc(Nc2cc(OC)ccc2OC)c2cc(C)sc2n1. The summed E-state index contributed by atoms with van der Waals surface area (Å²) in [5.41, 5.74) is 0.817. The van der Waals surface area contributed by atoms with E-state index >= 15 is 0 Å². The zero-order valence-electron chi connectivity index (χ0n) is 13.6. The fraction of sp³-hybridized carbons (Fsp3) is 0.294. The molecule has 120 valence electrons. The van der Waals surface area contributed by atoms with Crippen LogP contribution in [0.5, 0.6) is 11.5 Å². The number of ether oxygens (including phenoxy) is 2. The molecule has 5 nitrogen and oxygen atoms in total. The Morgan fingerprint density at radius 1 is 1.13 bits per heavy atom. The van der Waals surface area contributed by atoms with Crippen molar-refractivity contribution in [2.45, 2.75) is 20.3 Å². The molecule has 0 aliphatic carbocycles. The molecule has 23 heavy (non-hydrogen) atoms. The van der Waals surface area contributed by atoms with Gasteiger partial charge in [-0.3, -0.25) is 0 Å². The Morgan fingerprint density at radius 3 is 2.65 bits per heavy atom. The minimum atomic E-state index is 0.738. The first kappa shape index (κ1) is 15.6. The highest BCUT2D eigenvalue weighted by Crippen LogP contribution is 2.35. The Hall–Kier alpha value is -2.34. The highest BCUT2D eigenvalue weighted by molar-refractivity contribution is 7.18. The summed E-state index contributed by atoms with van der Waals surface area (Å²) in [5.74, 6) is 3.12. The molecule has 0 saturated carbocycles. The summed E-state index contributed by atoms with van der Waals surface area (Å²) < 4.78 is 10.7. The van der Waals surface area contributed by atoms with E-state index in [2.05, 4.69) is 35.2 Å². The fourth-order valence-corrected chi connectivity index (χ4v) is 3.28. The van der Waals surface area contributed by atoms with E-state index in [1.54, 1.807) is 25.6 Å². The number of nitrogens with one attached hydrogen (secondary N) is 1. The van der Waals surface area contributed by atoms with Gasteiger partial charge in [0.05, 0.1) is 25.3 Å². The molecule has 0 bridgehead atoms. The van der Waals surface area contributed by atoms with Crippen LogP contribution >= 0.6 is 11.3 Å². The van der Waals surface area contributed by atoms with Crippen LogP contribution in [0.4, 0.5) is 11.5 Å². The number of hydrogen-bond donors (Lipinski definition) is 1. The van der Waals surface area contributed by atoms with Crippen LogP contribution in [0.1, 0.15) is 17.6 Å². The van der Waals surface area contributed by atoms with Gasteiger partial charge in [0.15, 0.2) is 0 Å². The predicted octanol–water partition coefficient (Wildman–Crippen LogP) is 4.32. The molecule has 3 rings (SSSR count). The van der Waals surface area contributed by atoms with Crippen LogP contribution in [0.25, 0.3) is 10.2 Å². The molecule has 0 atom stereocenters. The summed E-state index contributed by atoms with van der Waals surface area (Å²) in [7, 11) is 3.29. The lowest BCUT2D eigenvalue weighted by atomic mass is 10.2. The third-order valence-electron chi connectivity index (χ3n) is 3.54. The van der Waals surface area contributed by atoms with Crippen molar-refractivity contribution >= 4 is 33.1 Å². The summed E-state index contributed by atoms with van der Waals surface area (Å²) in [5, 5.41) is 4.40. The lowest BCUT2D eigenvalue weighted by molar-refractivity contribution is 0.405. The predicted molar refractivity (Wildman–Crippen MR) is 94.4 cm³/mol. The van der Waals surface area contributed by atoms with E-state index in [0.29, 0.717) is 0 Å². The Balaban J connectivity index is 2.10. The molecular weight excluding hydrogens is 310 g/mol. The Bertz CT molecular complexity index is 845. The van der Waals surface area contributed by atoms with Crippen LogP contribution in [0.15, 0.2) is 24.3 Å². The fourth-order valence-electron chi connectivity index (χ4n) is 2.38. The van der Waals surface area contributed by atoms with Crippen molar-refractivity contribution in [3.63, 3.8) is 0 Å². The first-order valence-electron chi connectivity index (χ1n) is 7.40. The average molecular weight is 329 g/mol. The number of thiophene rings is 1. The Morgan fingerprint density at radius 2 is 1.96 bits per heavy atom. The van der Waals surface area contributed by atoms with E-state index in [1.165, 1.54) is 4.88 Å². The molecule has 0 amide bonds. The van der Waals surface area contributed by atoms with Gasteiger partial charge in [-0.1, -0.05) is 6.92 Å². The quantitative estimate of drug-likeness (QED) is 0.755. The van der Waals surface area contributed by atoms with Gasteiger partial charge >= 0.3 is 0 Å². The number of aryl methyl sites for hydroxylation is 2. The number of anilines is 2. The molecule has 0 unspecified atom stereocenters. The van der Waals surface area contributed by atoms with Crippen molar-refractivity contribution in [3.8, 4) is 11.5 Å². The maximum absolute atomic E-state index is 5.43. The highest BCUT2D eigenvalue weighted by Gasteiger charge is 2.13. The van der Waals surface area contributed by atoms with Crippen molar-refractivity contribution in [2.24, 2.45) is 0 Å². The second kappa shape index (κ2) is 6.42. The number of aromatic nitrogens is 2. The Labute approximate surface area is 139 Å². The molecule has 2 heterocycles. The van der Waals surface area contributed by atoms with Gasteiger partial charge in [0.25, 0.3) is 0 Å². The molecule has 3 aromatic rings. The summed E-state index contributed by atoms with van der Waals surface area (Å²) >= 11 is 1.68. The minimum absolute atomic E-state index is 0.738. The smallest absolute Gasteiger partial charge is 0.143 e. The van der Waals surface area contributed by atoms with E-state index in [1.807, 2.05) is 18.2 Å². The van der Waals surface area contributed by atoms with Gasteiger partial charge in [0, 0.05) is 17.4 Å². The molecule has 0 spiro atoms. The molecule has 0 aliphatic rings. The summed E-state index contributed by atoms with van der Waals surface area (Å²) in [6.07, 6.45) is 0.789. The first-order valence-corrected chi connectivity index (χ1v) is 8.22. The molecular formula is C17H19N3O2S. The molecule has 0 radical (unpaired) electrons. The molecule has 0 aliphatic heterocycles. The third kappa shape index (κ3) is 3.07. The number of rotatable bonds is 5. The standard InChI is InChI=1S/C17H19N3O2S/c1-5-15-19-16(12-8-10(2)23-17(12)20-15)18-13-9-11(21-3)6-7-14(13)22-4/h6-9H,5H2,1-4H3,(H,18,19,20). The van der Waals surface area contributed by atoms with Crippen molar-refractivity contribution in [2.75, 3.05) is 19.5 Å². The lowest BCUT2D eigenvalue weighted by Crippen LogP contribution is -2.01. The molecule has 0 saturated heterocycles. The highest BCUT2D eigenvalue weighted by atomic mass is 32.1. The van der Waals surface area contributed by atoms with Crippen molar-refractivity contribution in [1.29, 1.82) is 0 Å². The van der Waals surface area contributed by atoms with Gasteiger partial charge in [0.2, 0.25) is 0 Å². The van der Waals surface area contributed by atoms with Gasteiger partial charge in [-0.05, 0) is 25.1 Å². The summed E-state index contributed by atoms with van der Waals surface area (Å²) in [6, 6.07) is 7.75. The van der Waals surface area contributed by atoms with Crippen molar-refractivity contribution < 1.29 is 9.47 Å². The second-order valence-corrected chi connectivity index (χ2v) is 6.34. The van der Waals surface area contributed by atoms with Crippen LogP contribution in [0.2, 0.25) is 0 Å². The van der Waals surface area contributed by atoms with Gasteiger partial charge in [-0.2, -0.15) is 0 Å². The van der Waals surface area contributed by atoms with Crippen molar-refractivity contribution in [3.05, 3.63) is 35.0 Å². The number of nitrogens with zero attached hydrogens (tertiary/aromatic N) is 2. The second-order valence-electron chi connectivity index (χ2n) is 5.11. The van der Waals surface area contributed by atoms with Crippen LogP contribution in [0.3, 0.4) is 0 Å². The van der Waals surface area contributed by atoms with E-state index in [4.69, 9.17) is 9.47 Å². The van der Waals surface area contributed by atoms with Crippen LogP contribution in [-0.2, 0) is 6.42 Å². The zero-order chi connectivity index (χ0) is 16.4.